The predicted molar refractivity (Wildman–Crippen MR) is 109 cm³/mol. The van der Waals surface area contributed by atoms with E-state index >= 15 is 0 Å². The first-order chi connectivity index (χ1) is 12.7. The van der Waals surface area contributed by atoms with Crippen molar-refractivity contribution >= 4 is 28.5 Å². The monoisotopic (exact) mass is 369 g/mol. The Hall–Kier alpha value is -2.53. The van der Waals surface area contributed by atoms with E-state index in [4.69, 9.17) is 11.6 Å². The van der Waals surface area contributed by atoms with Gasteiger partial charge in [-0.15, -0.1) is 0 Å². The Kier molecular flexibility index (Phi) is 6.12. The Morgan fingerprint density at radius 1 is 1.15 bits per heavy atom. The van der Waals surface area contributed by atoms with Crippen LogP contribution in [-0.2, 0) is 12.8 Å². The first-order valence-electron chi connectivity index (χ1n) is 8.78. The molecule has 3 rings (SSSR count). The third-order valence-electron chi connectivity index (χ3n) is 4.40. The highest BCUT2D eigenvalue weighted by Gasteiger charge is 2.06. The number of benzene rings is 1. The van der Waals surface area contributed by atoms with Crippen LogP contribution in [0.15, 0.2) is 47.7 Å². The van der Waals surface area contributed by atoms with Gasteiger partial charge >= 0.3 is 0 Å². The summed E-state index contributed by atoms with van der Waals surface area (Å²) in [5, 5.41) is 8.55. The molecule has 0 fully saturated rings. The van der Waals surface area contributed by atoms with Crippen molar-refractivity contribution in [1.29, 1.82) is 0 Å². The van der Waals surface area contributed by atoms with Gasteiger partial charge in [0, 0.05) is 43.4 Å². The highest BCUT2D eigenvalue weighted by atomic mass is 35.5. The van der Waals surface area contributed by atoms with E-state index in [0.29, 0.717) is 5.15 Å². The van der Waals surface area contributed by atoms with E-state index in [1.54, 1.807) is 13.2 Å². The van der Waals surface area contributed by atoms with Gasteiger partial charge in [-0.2, -0.15) is 0 Å². The normalized spacial score (nSPS) is 11.7. The van der Waals surface area contributed by atoms with Crippen molar-refractivity contribution in [2.75, 3.05) is 20.1 Å². The topological polar surface area (TPSA) is 65.1 Å². The molecule has 0 saturated heterocycles. The second-order valence-electron chi connectivity index (χ2n) is 6.23. The number of aromatic amines is 1. The lowest BCUT2D eigenvalue weighted by Gasteiger charge is -2.12. The van der Waals surface area contributed by atoms with Crippen LogP contribution in [0.2, 0.25) is 5.15 Å². The molecule has 3 N–H and O–H groups in total. The molecule has 3 aromatic rings. The molecule has 0 atom stereocenters. The van der Waals surface area contributed by atoms with Gasteiger partial charge in [-0.05, 0) is 48.6 Å². The standard InChI is InChI=1S/C20H24ClN5/c1-14-4-3-5-17-19(14)16(13-25-17)9-11-24-20(22-2)23-10-8-15-6-7-18(21)26-12-15/h3-7,12-13,25H,8-11H2,1-2H3,(H2,22,23,24). The van der Waals surface area contributed by atoms with Gasteiger partial charge in [-0.1, -0.05) is 29.8 Å². The van der Waals surface area contributed by atoms with Gasteiger partial charge in [-0.25, -0.2) is 4.98 Å². The number of H-pyrrole nitrogens is 1. The van der Waals surface area contributed by atoms with E-state index < -0.39 is 0 Å². The molecular weight excluding hydrogens is 346 g/mol. The number of aryl methyl sites for hydroxylation is 1. The van der Waals surface area contributed by atoms with Crippen LogP contribution in [0.1, 0.15) is 16.7 Å². The highest BCUT2D eigenvalue weighted by Crippen LogP contribution is 2.22. The number of hydrogen-bond acceptors (Lipinski definition) is 2. The quantitative estimate of drug-likeness (QED) is 0.354. The smallest absolute Gasteiger partial charge is 0.190 e. The van der Waals surface area contributed by atoms with Crippen LogP contribution >= 0.6 is 11.6 Å². The van der Waals surface area contributed by atoms with E-state index in [1.165, 1.54) is 22.0 Å². The molecule has 0 unspecified atom stereocenters. The van der Waals surface area contributed by atoms with Crippen molar-refractivity contribution in [2.24, 2.45) is 4.99 Å². The minimum atomic E-state index is 0.520. The molecule has 2 heterocycles. The van der Waals surface area contributed by atoms with Crippen LogP contribution in [0.3, 0.4) is 0 Å². The van der Waals surface area contributed by atoms with E-state index in [2.05, 4.69) is 56.9 Å². The number of hydrogen-bond donors (Lipinski definition) is 3. The zero-order chi connectivity index (χ0) is 18.4. The van der Waals surface area contributed by atoms with E-state index in [0.717, 1.165) is 37.5 Å². The zero-order valence-corrected chi connectivity index (χ0v) is 15.9. The molecule has 0 aliphatic carbocycles. The molecular formula is C20H24ClN5. The van der Waals surface area contributed by atoms with Gasteiger partial charge in [0.05, 0.1) is 0 Å². The van der Waals surface area contributed by atoms with Crippen LogP contribution in [0.5, 0.6) is 0 Å². The zero-order valence-electron chi connectivity index (χ0n) is 15.1. The fourth-order valence-corrected chi connectivity index (χ4v) is 3.18. The van der Waals surface area contributed by atoms with Gasteiger partial charge < -0.3 is 15.6 Å². The summed E-state index contributed by atoms with van der Waals surface area (Å²) in [6.45, 7) is 3.76. The number of fused-ring (bicyclic) bond motifs is 1. The lowest BCUT2D eigenvalue weighted by molar-refractivity contribution is 0.784. The minimum Gasteiger partial charge on any atom is -0.361 e. The Morgan fingerprint density at radius 2 is 1.96 bits per heavy atom. The number of aliphatic imine (C=N–C) groups is 1. The van der Waals surface area contributed by atoms with Crippen LogP contribution in [0.4, 0.5) is 0 Å². The fourth-order valence-electron chi connectivity index (χ4n) is 3.06. The summed E-state index contributed by atoms with van der Waals surface area (Å²) in [6, 6.07) is 10.2. The summed E-state index contributed by atoms with van der Waals surface area (Å²) in [4.78, 5) is 11.7. The summed E-state index contributed by atoms with van der Waals surface area (Å²) in [7, 11) is 1.79. The summed E-state index contributed by atoms with van der Waals surface area (Å²) in [5.41, 5.74) is 4.97. The van der Waals surface area contributed by atoms with Crippen molar-refractivity contribution in [2.45, 2.75) is 19.8 Å². The van der Waals surface area contributed by atoms with Crippen LogP contribution in [0.25, 0.3) is 10.9 Å². The lowest BCUT2D eigenvalue weighted by Crippen LogP contribution is -2.39. The van der Waals surface area contributed by atoms with E-state index in [9.17, 15) is 0 Å². The maximum atomic E-state index is 5.81. The average molecular weight is 370 g/mol. The molecule has 1 aromatic carbocycles. The molecule has 2 aromatic heterocycles. The van der Waals surface area contributed by atoms with Gasteiger partial charge in [-0.3, -0.25) is 4.99 Å². The van der Waals surface area contributed by atoms with Crippen LogP contribution in [-0.4, -0.2) is 36.1 Å². The maximum absolute atomic E-state index is 5.81. The SMILES string of the molecule is CN=C(NCCc1ccc(Cl)nc1)NCCc1c[nH]c2cccc(C)c12. The van der Waals surface area contributed by atoms with E-state index in [-0.39, 0.29) is 0 Å². The number of pyridine rings is 1. The molecule has 5 nitrogen and oxygen atoms in total. The number of halogens is 1. The van der Waals surface area contributed by atoms with E-state index in [1.807, 2.05) is 12.1 Å². The Labute approximate surface area is 158 Å². The van der Waals surface area contributed by atoms with Gasteiger partial charge in [0.1, 0.15) is 5.15 Å². The molecule has 0 saturated carbocycles. The number of rotatable bonds is 6. The molecule has 0 aliphatic heterocycles. The number of nitrogens with zero attached hydrogens (tertiary/aromatic N) is 2. The summed E-state index contributed by atoms with van der Waals surface area (Å²) in [6.07, 6.45) is 5.71. The minimum absolute atomic E-state index is 0.520. The molecule has 0 radical (unpaired) electrons. The Bertz CT molecular complexity index is 883. The fraction of sp³-hybridized carbons (Fsp3) is 0.300. The van der Waals surface area contributed by atoms with Crippen molar-refractivity contribution in [3.05, 3.63) is 64.6 Å². The number of aromatic nitrogens is 2. The lowest BCUT2D eigenvalue weighted by atomic mass is 10.1. The van der Waals surface area contributed by atoms with Crippen molar-refractivity contribution in [3.8, 4) is 0 Å². The van der Waals surface area contributed by atoms with Crippen molar-refractivity contribution in [1.82, 2.24) is 20.6 Å². The largest absolute Gasteiger partial charge is 0.361 e. The third-order valence-corrected chi connectivity index (χ3v) is 4.62. The molecule has 26 heavy (non-hydrogen) atoms. The molecule has 0 amide bonds. The Balaban J connectivity index is 1.47. The second kappa shape index (κ2) is 8.72. The van der Waals surface area contributed by atoms with Gasteiger partial charge in [0.2, 0.25) is 0 Å². The summed E-state index contributed by atoms with van der Waals surface area (Å²) < 4.78 is 0. The van der Waals surface area contributed by atoms with Crippen molar-refractivity contribution < 1.29 is 0 Å². The Morgan fingerprint density at radius 3 is 2.69 bits per heavy atom. The van der Waals surface area contributed by atoms with Gasteiger partial charge in [0.15, 0.2) is 5.96 Å². The van der Waals surface area contributed by atoms with Crippen molar-refractivity contribution in [3.63, 3.8) is 0 Å². The third kappa shape index (κ3) is 4.55. The second-order valence-corrected chi connectivity index (χ2v) is 6.61. The predicted octanol–water partition coefficient (Wildman–Crippen LogP) is 3.47. The number of nitrogens with one attached hydrogen (secondary N) is 3. The molecule has 0 spiro atoms. The highest BCUT2D eigenvalue weighted by molar-refractivity contribution is 6.29. The molecule has 0 aliphatic rings. The first kappa shape index (κ1) is 18.3. The molecule has 6 heteroatoms. The van der Waals surface area contributed by atoms with Crippen LogP contribution < -0.4 is 10.6 Å². The molecule has 136 valence electrons. The number of guanidine groups is 1. The summed E-state index contributed by atoms with van der Waals surface area (Å²) in [5.74, 6) is 0.809. The first-order valence-corrected chi connectivity index (χ1v) is 9.15. The average Bonchev–Trinajstić information content (AvgIpc) is 3.06. The maximum Gasteiger partial charge on any atom is 0.190 e. The summed E-state index contributed by atoms with van der Waals surface area (Å²) >= 11 is 5.81. The molecule has 0 bridgehead atoms. The van der Waals surface area contributed by atoms with Gasteiger partial charge in [0.25, 0.3) is 0 Å². The van der Waals surface area contributed by atoms with Crippen LogP contribution in [0, 0.1) is 6.92 Å².